The molecule has 2 rings (SSSR count). The topological polar surface area (TPSA) is 54.2 Å². The average molecular weight is 210 g/mol. The highest BCUT2D eigenvalue weighted by Crippen LogP contribution is 2.13. The molecule has 2 heterocycles. The van der Waals surface area contributed by atoms with Gasteiger partial charge in [0.2, 0.25) is 5.89 Å². The number of rotatable bonds is 2. The van der Waals surface area contributed by atoms with Gasteiger partial charge in [0.05, 0.1) is 6.54 Å². The van der Waals surface area contributed by atoms with Gasteiger partial charge in [0.1, 0.15) is 0 Å². The zero-order valence-electron chi connectivity index (χ0n) is 9.53. The number of piperazine rings is 1. The van der Waals surface area contributed by atoms with E-state index in [0.29, 0.717) is 23.8 Å². The molecule has 0 spiro atoms. The fourth-order valence-electron chi connectivity index (χ4n) is 2.04. The maximum absolute atomic E-state index is 5.14. The first-order valence-electron chi connectivity index (χ1n) is 5.42. The fraction of sp³-hybridized carbons (Fsp3) is 0.800. The third kappa shape index (κ3) is 2.35. The molecule has 5 nitrogen and oxygen atoms in total. The zero-order valence-corrected chi connectivity index (χ0v) is 9.53. The maximum atomic E-state index is 5.14. The molecule has 0 radical (unpaired) electrons. The van der Waals surface area contributed by atoms with Gasteiger partial charge in [-0.3, -0.25) is 4.90 Å². The Morgan fingerprint density at radius 2 is 2.07 bits per heavy atom. The van der Waals surface area contributed by atoms with Crippen molar-refractivity contribution in [1.29, 1.82) is 0 Å². The molecule has 0 amide bonds. The molecule has 0 bridgehead atoms. The molecule has 0 unspecified atom stereocenters. The SMILES string of the molecule is Cc1noc(CN2[C@H](C)CNC[C@@H]2C)n1. The molecule has 2 atom stereocenters. The van der Waals surface area contributed by atoms with Gasteiger partial charge in [-0.25, -0.2) is 0 Å². The first-order chi connectivity index (χ1) is 7.16. The Kier molecular flexibility index (Phi) is 3.02. The van der Waals surface area contributed by atoms with Crippen molar-refractivity contribution in [3.8, 4) is 0 Å². The Morgan fingerprint density at radius 1 is 1.40 bits per heavy atom. The molecule has 1 aromatic rings. The van der Waals surface area contributed by atoms with Gasteiger partial charge < -0.3 is 9.84 Å². The molecule has 0 saturated carbocycles. The van der Waals surface area contributed by atoms with Crippen LogP contribution in [-0.4, -0.2) is 40.2 Å². The maximum Gasteiger partial charge on any atom is 0.240 e. The van der Waals surface area contributed by atoms with Gasteiger partial charge in [-0.1, -0.05) is 5.16 Å². The highest BCUT2D eigenvalue weighted by Gasteiger charge is 2.25. The van der Waals surface area contributed by atoms with E-state index in [1.165, 1.54) is 0 Å². The van der Waals surface area contributed by atoms with Crippen LogP contribution in [-0.2, 0) is 6.54 Å². The Morgan fingerprint density at radius 3 is 2.60 bits per heavy atom. The summed E-state index contributed by atoms with van der Waals surface area (Å²) in [6.07, 6.45) is 0. The van der Waals surface area contributed by atoms with Crippen LogP contribution in [0.3, 0.4) is 0 Å². The lowest BCUT2D eigenvalue weighted by molar-refractivity contribution is 0.0947. The van der Waals surface area contributed by atoms with Crippen LogP contribution >= 0.6 is 0 Å². The highest BCUT2D eigenvalue weighted by atomic mass is 16.5. The second-order valence-electron chi connectivity index (χ2n) is 4.26. The van der Waals surface area contributed by atoms with Crippen LogP contribution in [0.25, 0.3) is 0 Å². The smallest absolute Gasteiger partial charge is 0.240 e. The minimum atomic E-state index is 0.515. The van der Waals surface area contributed by atoms with Crippen LogP contribution in [0.15, 0.2) is 4.52 Å². The van der Waals surface area contributed by atoms with E-state index in [9.17, 15) is 0 Å². The molecule has 1 aliphatic heterocycles. The molecule has 1 aliphatic rings. The van der Waals surface area contributed by atoms with Gasteiger partial charge in [0.25, 0.3) is 0 Å². The Balaban J connectivity index is 2.03. The molecule has 1 saturated heterocycles. The molecule has 84 valence electrons. The monoisotopic (exact) mass is 210 g/mol. The van der Waals surface area contributed by atoms with E-state index in [0.717, 1.165) is 19.6 Å². The van der Waals surface area contributed by atoms with E-state index in [4.69, 9.17) is 4.52 Å². The van der Waals surface area contributed by atoms with E-state index < -0.39 is 0 Å². The number of aryl methyl sites for hydroxylation is 1. The number of aromatic nitrogens is 2. The summed E-state index contributed by atoms with van der Waals surface area (Å²) in [6.45, 7) is 9.08. The number of hydrogen-bond acceptors (Lipinski definition) is 5. The van der Waals surface area contributed by atoms with Gasteiger partial charge >= 0.3 is 0 Å². The third-order valence-electron chi connectivity index (χ3n) is 2.90. The summed E-state index contributed by atoms with van der Waals surface area (Å²) in [5.74, 6) is 1.42. The Hall–Kier alpha value is -0.940. The number of hydrogen-bond donors (Lipinski definition) is 1. The summed E-state index contributed by atoms with van der Waals surface area (Å²) in [5, 5.41) is 7.20. The van der Waals surface area contributed by atoms with Crippen molar-refractivity contribution in [3.05, 3.63) is 11.7 Å². The van der Waals surface area contributed by atoms with Crippen LogP contribution in [0, 0.1) is 6.92 Å². The van der Waals surface area contributed by atoms with Crippen LogP contribution in [0.4, 0.5) is 0 Å². The largest absolute Gasteiger partial charge is 0.338 e. The molecule has 1 N–H and O–H groups in total. The second kappa shape index (κ2) is 4.28. The van der Waals surface area contributed by atoms with E-state index in [2.05, 4.69) is 34.2 Å². The second-order valence-corrected chi connectivity index (χ2v) is 4.26. The lowest BCUT2D eigenvalue weighted by atomic mass is 10.1. The van der Waals surface area contributed by atoms with E-state index >= 15 is 0 Å². The van der Waals surface area contributed by atoms with Crippen molar-refractivity contribution in [2.45, 2.75) is 39.4 Å². The van der Waals surface area contributed by atoms with Crippen molar-refractivity contribution in [2.75, 3.05) is 13.1 Å². The minimum Gasteiger partial charge on any atom is -0.338 e. The van der Waals surface area contributed by atoms with Crippen molar-refractivity contribution in [3.63, 3.8) is 0 Å². The van der Waals surface area contributed by atoms with Crippen LogP contribution in [0.2, 0.25) is 0 Å². The lowest BCUT2D eigenvalue weighted by Gasteiger charge is -2.38. The van der Waals surface area contributed by atoms with Gasteiger partial charge in [-0.2, -0.15) is 4.98 Å². The number of nitrogens with zero attached hydrogens (tertiary/aromatic N) is 3. The van der Waals surface area contributed by atoms with Crippen LogP contribution in [0.5, 0.6) is 0 Å². The molecule has 1 aromatic heterocycles. The van der Waals surface area contributed by atoms with Crippen LogP contribution < -0.4 is 5.32 Å². The third-order valence-corrected chi connectivity index (χ3v) is 2.90. The predicted octanol–water partition coefficient (Wildman–Crippen LogP) is 0.560. The Bertz CT molecular complexity index is 315. The first kappa shape index (κ1) is 10.6. The standard InChI is InChI=1S/C10H18N4O/c1-7-4-11-5-8(2)14(7)6-10-12-9(3)13-15-10/h7-8,11H,4-6H2,1-3H3/t7-,8+. The normalized spacial score (nSPS) is 28.2. The van der Waals surface area contributed by atoms with Crippen molar-refractivity contribution in [2.24, 2.45) is 0 Å². The van der Waals surface area contributed by atoms with Gasteiger partial charge in [0, 0.05) is 25.2 Å². The van der Waals surface area contributed by atoms with Crippen LogP contribution in [0.1, 0.15) is 25.6 Å². The van der Waals surface area contributed by atoms with Gasteiger partial charge in [-0.05, 0) is 20.8 Å². The molecule has 1 fully saturated rings. The van der Waals surface area contributed by atoms with E-state index in [-0.39, 0.29) is 0 Å². The van der Waals surface area contributed by atoms with Crippen molar-refractivity contribution >= 4 is 0 Å². The molecular formula is C10H18N4O. The summed E-state index contributed by atoms with van der Waals surface area (Å²) < 4.78 is 5.14. The van der Waals surface area contributed by atoms with E-state index in [1.807, 2.05) is 6.92 Å². The van der Waals surface area contributed by atoms with E-state index in [1.54, 1.807) is 0 Å². The molecule has 15 heavy (non-hydrogen) atoms. The van der Waals surface area contributed by atoms with Gasteiger partial charge in [-0.15, -0.1) is 0 Å². The fourth-order valence-corrected chi connectivity index (χ4v) is 2.04. The average Bonchev–Trinajstić information content (AvgIpc) is 2.58. The molecular weight excluding hydrogens is 192 g/mol. The first-order valence-corrected chi connectivity index (χ1v) is 5.42. The summed E-state index contributed by atoms with van der Waals surface area (Å²) in [6, 6.07) is 1.03. The quantitative estimate of drug-likeness (QED) is 0.773. The van der Waals surface area contributed by atoms with Crippen molar-refractivity contribution < 1.29 is 4.52 Å². The molecule has 0 aromatic carbocycles. The summed E-state index contributed by atoms with van der Waals surface area (Å²) in [4.78, 5) is 6.63. The predicted molar refractivity (Wildman–Crippen MR) is 56.4 cm³/mol. The number of nitrogens with one attached hydrogen (secondary N) is 1. The molecule has 0 aliphatic carbocycles. The lowest BCUT2D eigenvalue weighted by Crippen LogP contribution is -2.54. The highest BCUT2D eigenvalue weighted by molar-refractivity contribution is 4.88. The van der Waals surface area contributed by atoms with Gasteiger partial charge in [0.15, 0.2) is 5.82 Å². The Labute approximate surface area is 89.8 Å². The summed E-state index contributed by atoms with van der Waals surface area (Å²) in [7, 11) is 0. The molecule has 5 heteroatoms. The zero-order chi connectivity index (χ0) is 10.8. The minimum absolute atomic E-state index is 0.515. The van der Waals surface area contributed by atoms with Crippen molar-refractivity contribution in [1.82, 2.24) is 20.4 Å². The summed E-state index contributed by atoms with van der Waals surface area (Å²) >= 11 is 0. The summed E-state index contributed by atoms with van der Waals surface area (Å²) in [5.41, 5.74) is 0.